The average Bonchev–Trinajstić information content (AvgIpc) is 2.50. The molecule has 1 aromatic heterocycles. The molecule has 8 nitrogen and oxygen atoms in total. The lowest BCUT2D eigenvalue weighted by Gasteiger charge is -2.06. The van der Waals surface area contributed by atoms with Gasteiger partial charge in [-0.3, -0.25) is 15.5 Å². The molecule has 0 aliphatic heterocycles. The van der Waals surface area contributed by atoms with Crippen molar-refractivity contribution in [2.45, 2.75) is 0 Å². The molecule has 0 saturated carbocycles. The van der Waals surface area contributed by atoms with Crippen molar-refractivity contribution in [3.8, 4) is 11.5 Å². The second-order valence-corrected chi connectivity index (χ2v) is 4.93. The van der Waals surface area contributed by atoms with E-state index in [2.05, 4.69) is 31.4 Å². The summed E-state index contributed by atoms with van der Waals surface area (Å²) in [5, 5.41) is 24.1. The van der Waals surface area contributed by atoms with Crippen LogP contribution in [0.4, 0.5) is 11.5 Å². The number of hydrazone groups is 1. The first-order chi connectivity index (χ1) is 10.5. The fraction of sp³-hybridized carbons (Fsp3) is 0.0769. The van der Waals surface area contributed by atoms with Gasteiger partial charge in [-0.25, -0.2) is 4.98 Å². The molecule has 0 atom stereocenters. The maximum atomic E-state index is 10.5. The minimum Gasteiger partial charge on any atom is -0.504 e. The number of benzene rings is 1. The Labute approximate surface area is 133 Å². The first-order valence-electron chi connectivity index (χ1n) is 5.97. The molecule has 2 rings (SSSR count). The SMILES string of the molecule is COc1cc(C=NNc2ccc([N+](=O)[O-])cn2)c(Br)cc1O. The van der Waals surface area contributed by atoms with E-state index >= 15 is 0 Å². The van der Waals surface area contributed by atoms with Gasteiger partial charge in [0, 0.05) is 16.1 Å². The summed E-state index contributed by atoms with van der Waals surface area (Å²) in [5.41, 5.74) is 3.22. The molecule has 114 valence electrons. The van der Waals surface area contributed by atoms with Gasteiger partial charge in [-0.15, -0.1) is 0 Å². The zero-order valence-corrected chi connectivity index (χ0v) is 12.9. The lowest BCUT2D eigenvalue weighted by molar-refractivity contribution is -0.385. The number of halogens is 1. The van der Waals surface area contributed by atoms with Gasteiger partial charge >= 0.3 is 0 Å². The van der Waals surface area contributed by atoms with Crippen LogP contribution in [0.15, 0.2) is 40.0 Å². The van der Waals surface area contributed by atoms with E-state index < -0.39 is 4.92 Å². The largest absolute Gasteiger partial charge is 0.504 e. The van der Waals surface area contributed by atoms with Gasteiger partial charge in [0.25, 0.3) is 5.69 Å². The third-order valence-corrected chi connectivity index (χ3v) is 3.33. The number of nitrogens with zero attached hydrogens (tertiary/aromatic N) is 3. The number of aromatic hydroxyl groups is 1. The van der Waals surface area contributed by atoms with Crippen molar-refractivity contribution < 1.29 is 14.8 Å². The van der Waals surface area contributed by atoms with E-state index in [1.54, 1.807) is 6.07 Å². The molecule has 0 saturated heterocycles. The predicted octanol–water partition coefficient (Wildman–Crippen LogP) is 2.91. The van der Waals surface area contributed by atoms with E-state index in [-0.39, 0.29) is 11.4 Å². The van der Waals surface area contributed by atoms with Gasteiger partial charge in [-0.2, -0.15) is 5.10 Å². The molecule has 2 aromatic rings. The van der Waals surface area contributed by atoms with Crippen molar-refractivity contribution in [2.24, 2.45) is 5.10 Å². The second kappa shape index (κ2) is 6.85. The molecule has 0 fully saturated rings. The van der Waals surface area contributed by atoms with Crippen LogP contribution in [-0.4, -0.2) is 28.3 Å². The summed E-state index contributed by atoms with van der Waals surface area (Å²) in [5.74, 6) is 0.693. The maximum Gasteiger partial charge on any atom is 0.287 e. The molecule has 0 bridgehead atoms. The molecule has 1 heterocycles. The average molecular weight is 367 g/mol. The summed E-state index contributed by atoms with van der Waals surface area (Å²) < 4.78 is 5.64. The minimum absolute atomic E-state index is 0.0107. The number of pyridine rings is 1. The summed E-state index contributed by atoms with van der Waals surface area (Å²) in [7, 11) is 1.45. The lowest BCUT2D eigenvalue weighted by atomic mass is 10.2. The first kappa shape index (κ1) is 15.7. The number of phenols is 1. The van der Waals surface area contributed by atoms with Crippen LogP contribution in [0.1, 0.15) is 5.56 Å². The van der Waals surface area contributed by atoms with Crippen molar-refractivity contribution in [1.82, 2.24) is 4.98 Å². The third kappa shape index (κ3) is 3.70. The van der Waals surface area contributed by atoms with E-state index in [0.29, 0.717) is 21.6 Å². The number of methoxy groups -OCH3 is 1. The zero-order valence-electron chi connectivity index (χ0n) is 11.4. The Morgan fingerprint density at radius 1 is 1.50 bits per heavy atom. The van der Waals surface area contributed by atoms with Crippen LogP contribution >= 0.6 is 15.9 Å². The summed E-state index contributed by atoms with van der Waals surface area (Å²) in [6.07, 6.45) is 2.63. The van der Waals surface area contributed by atoms with Gasteiger partial charge in [0.1, 0.15) is 12.0 Å². The van der Waals surface area contributed by atoms with Gasteiger partial charge in [0.05, 0.1) is 18.2 Å². The molecule has 0 amide bonds. The van der Waals surface area contributed by atoms with Gasteiger partial charge in [-0.05, 0) is 34.1 Å². The molecule has 0 aliphatic carbocycles. The summed E-state index contributed by atoms with van der Waals surface area (Å²) in [6.45, 7) is 0. The number of hydrogen-bond acceptors (Lipinski definition) is 7. The quantitative estimate of drug-likeness (QED) is 0.478. The highest BCUT2D eigenvalue weighted by Gasteiger charge is 2.07. The highest BCUT2D eigenvalue weighted by Crippen LogP contribution is 2.31. The van der Waals surface area contributed by atoms with Crippen molar-refractivity contribution in [3.63, 3.8) is 0 Å². The number of rotatable bonds is 5. The minimum atomic E-state index is -0.528. The van der Waals surface area contributed by atoms with E-state index in [9.17, 15) is 15.2 Å². The molecule has 0 unspecified atom stereocenters. The molecule has 1 aromatic carbocycles. The van der Waals surface area contributed by atoms with Crippen molar-refractivity contribution in [2.75, 3.05) is 12.5 Å². The van der Waals surface area contributed by atoms with E-state index in [0.717, 1.165) is 6.20 Å². The number of anilines is 1. The van der Waals surface area contributed by atoms with E-state index in [4.69, 9.17) is 4.74 Å². The van der Waals surface area contributed by atoms with Crippen LogP contribution in [0.5, 0.6) is 11.5 Å². The number of nitro groups is 1. The topological polar surface area (TPSA) is 110 Å². The monoisotopic (exact) mass is 366 g/mol. The third-order valence-electron chi connectivity index (χ3n) is 2.64. The fourth-order valence-corrected chi connectivity index (χ4v) is 1.98. The molecule has 0 spiro atoms. The summed E-state index contributed by atoms with van der Waals surface area (Å²) >= 11 is 3.30. The predicted molar refractivity (Wildman–Crippen MR) is 84.5 cm³/mol. The summed E-state index contributed by atoms with van der Waals surface area (Å²) in [4.78, 5) is 13.8. The Kier molecular flexibility index (Phi) is 4.89. The number of hydrogen-bond donors (Lipinski definition) is 2. The Bertz CT molecular complexity index is 719. The van der Waals surface area contributed by atoms with Crippen molar-refractivity contribution >= 4 is 33.6 Å². The Morgan fingerprint density at radius 2 is 2.27 bits per heavy atom. The molecule has 9 heteroatoms. The number of nitrogens with one attached hydrogen (secondary N) is 1. The maximum absolute atomic E-state index is 10.5. The number of ether oxygens (including phenoxy) is 1. The number of phenolic OH excluding ortho intramolecular Hbond substituents is 1. The lowest BCUT2D eigenvalue weighted by Crippen LogP contribution is -1.96. The van der Waals surface area contributed by atoms with Crippen LogP contribution < -0.4 is 10.2 Å². The van der Waals surface area contributed by atoms with Crippen LogP contribution in [0, 0.1) is 10.1 Å². The van der Waals surface area contributed by atoms with Crippen LogP contribution in [0.2, 0.25) is 0 Å². The van der Waals surface area contributed by atoms with Gasteiger partial charge in [-0.1, -0.05) is 0 Å². The van der Waals surface area contributed by atoms with Crippen LogP contribution in [0.25, 0.3) is 0 Å². The van der Waals surface area contributed by atoms with E-state index in [1.807, 2.05) is 0 Å². The first-order valence-corrected chi connectivity index (χ1v) is 6.76. The van der Waals surface area contributed by atoms with E-state index in [1.165, 1.54) is 31.5 Å². The Balaban J connectivity index is 2.11. The zero-order chi connectivity index (χ0) is 16.1. The normalized spacial score (nSPS) is 10.6. The van der Waals surface area contributed by atoms with Crippen molar-refractivity contribution in [1.29, 1.82) is 0 Å². The Morgan fingerprint density at radius 3 is 2.86 bits per heavy atom. The molecular formula is C13H11BrN4O4. The van der Waals surface area contributed by atoms with Crippen molar-refractivity contribution in [3.05, 3.63) is 50.6 Å². The smallest absolute Gasteiger partial charge is 0.287 e. The Hall–Kier alpha value is -2.68. The van der Waals surface area contributed by atoms with Gasteiger partial charge < -0.3 is 9.84 Å². The van der Waals surface area contributed by atoms with Crippen LogP contribution in [0.3, 0.4) is 0 Å². The van der Waals surface area contributed by atoms with Gasteiger partial charge in [0.2, 0.25) is 0 Å². The molecule has 0 aliphatic rings. The molecule has 0 radical (unpaired) electrons. The van der Waals surface area contributed by atoms with Gasteiger partial charge in [0.15, 0.2) is 11.5 Å². The second-order valence-electron chi connectivity index (χ2n) is 4.07. The molecule has 22 heavy (non-hydrogen) atoms. The standard InChI is InChI=1S/C13H11BrN4O4/c1-22-12-4-8(10(14)5-11(12)19)6-16-17-13-3-2-9(7-15-13)18(20)21/h2-7,19H,1H3,(H,15,17). The van der Waals surface area contributed by atoms with Crippen LogP contribution in [-0.2, 0) is 0 Å². The fourth-order valence-electron chi connectivity index (χ4n) is 1.55. The number of aromatic nitrogens is 1. The molecule has 2 N–H and O–H groups in total. The summed E-state index contributed by atoms with van der Waals surface area (Å²) in [6, 6.07) is 5.87. The highest BCUT2D eigenvalue weighted by molar-refractivity contribution is 9.10. The highest BCUT2D eigenvalue weighted by atomic mass is 79.9. The molecular weight excluding hydrogens is 356 g/mol.